The lowest BCUT2D eigenvalue weighted by Crippen LogP contribution is -2.01. The average Bonchev–Trinajstić information content (AvgIpc) is 2.38. The average molecular weight is 316 g/mol. The zero-order valence-corrected chi connectivity index (χ0v) is 11.3. The third-order valence-corrected chi connectivity index (χ3v) is 3.51. The molecule has 3 N–H and O–H groups in total. The summed E-state index contributed by atoms with van der Waals surface area (Å²) in [5.74, 6) is 0.0479. The predicted molar refractivity (Wildman–Crippen MR) is 68.1 cm³/mol. The van der Waals surface area contributed by atoms with Gasteiger partial charge in [0.2, 0.25) is 5.95 Å². The molecule has 20 heavy (non-hydrogen) atoms. The van der Waals surface area contributed by atoms with Gasteiger partial charge in [0.15, 0.2) is 0 Å². The van der Waals surface area contributed by atoms with Gasteiger partial charge in [0.1, 0.15) is 6.33 Å². The van der Waals surface area contributed by atoms with Crippen LogP contribution in [-0.4, -0.2) is 36.3 Å². The van der Waals surface area contributed by atoms with Crippen LogP contribution in [-0.2, 0) is 20.4 Å². The van der Waals surface area contributed by atoms with Crippen LogP contribution in [0.4, 0.5) is 11.6 Å². The van der Waals surface area contributed by atoms with E-state index in [-0.39, 0.29) is 21.3 Å². The van der Waals surface area contributed by atoms with Gasteiger partial charge in [-0.3, -0.25) is 9.54 Å². The van der Waals surface area contributed by atoms with Gasteiger partial charge in [0.05, 0.1) is 4.90 Å². The maximum Gasteiger partial charge on any atom is 0.294 e. The molecule has 0 amide bonds. The van der Waals surface area contributed by atoms with Crippen molar-refractivity contribution in [2.75, 3.05) is 5.32 Å². The fraction of sp³-hybridized carbons (Fsp3) is 0. The molecule has 0 unspecified atom stereocenters. The number of hydrogen-bond donors (Lipinski definition) is 3. The number of nitrogens with zero attached hydrogens (tertiary/aromatic N) is 2. The molecule has 0 fully saturated rings. The van der Waals surface area contributed by atoms with Crippen LogP contribution in [0.1, 0.15) is 0 Å². The number of aromatic nitrogens is 3. The maximum atomic E-state index is 11.0. The van der Waals surface area contributed by atoms with Crippen molar-refractivity contribution < 1.29 is 21.4 Å². The monoisotopic (exact) mass is 316 g/mol. The smallest absolute Gasteiger partial charge is 0.294 e. The number of hydrogen-bond acceptors (Lipinski definition) is 7. The summed E-state index contributed by atoms with van der Waals surface area (Å²) in [6.45, 7) is 0. The van der Waals surface area contributed by atoms with Crippen LogP contribution in [0.5, 0.6) is 0 Å². The molecular weight excluding hydrogens is 308 g/mol. The van der Waals surface area contributed by atoms with Crippen molar-refractivity contribution in [3.63, 3.8) is 0 Å². The van der Waals surface area contributed by atoms with E-state index in [1.54, 1.807) is 0 Å². The molecule has 0 bridgehead atoms. The number of H-pyrrole nitrogens is 1. The van der Waals surface area contributed by atoms with Crippen LogP contribution in [0, 0.1) is 4.77 Å². The summed E-state index contributed by atoms with van der Waals surface area (Å²) in [5.41, 5.74) is 0.290. The zero-order chi connectivity index (χ0) is 14.8. The predicted octanol–water partition coefficient (Wildman–Crippen LogP) is 0.206. The Bertz CT molecular complexity index is 909. The number of rotatable bonds is 3. The van der Waals surface area contributed by atoms with Gasteiger partial charge in [-0.2, -0.15) is 16.8 Å². The fourth-order valence-corrected chi connectivity index (χ4v) is 2.16. The number of anilines is 2. The van der Waals surface area contributed by atoms with Gasteiger partial charge < -0.3 is 5.32 Å². The molecule has 0 atom stereocenters. The summed E-state index contributed by atoms with van der Waals surface area (Å²) in [5, 5.41) is 2.66. The Hall–Kier alpha value is -2.24. The Balaban J connectivity index is 2.41. The first-order valence-corrected chi connectivity index (χ1v) is 7.56. The van der Waals surface area contributed by atoms with Crippen LogP contribution >= 0.6 is 0 Å². The molecule has 106 valence electrons. The summed E-state index contributed by atoms with van der Waals surface area (Å²) >= 11 is 0. The van der Waals surface area contributed by atoms with E-state index in [2.05, 4.69) is 20.3 Å². The lowest BCUT2D eigenvalue weighted by molar-refractivity contribution is 0.483. The van der Waals surface area contributed by atoms with Crippen LogP contribution in [0.15, 0.2) is 35.5 Å². The molecule has 11 heteroatoms. The molecule has 0 spiro atoms. The molecule has 0 aliphatic carbocycles. The van der Waals surface area contributed by atoms with Gasteiger partial charge in [0, 0.05) is 5.69 Å². The second kappa shape index (κ2) is 5.40. The Morgan fingerprint density at radius 2 is 2.00 bits per heavy atom. The van der Waals surface area contributed by atoms with Crippen molar-refractivity contribution in [2.45, 2.75) is 4.90 Å². The van der Waals surface area contributed by atoms with Crippen molar-refractivity contribution >= 4 is 32.0 Å². The number of aromatic amines is 1. The van der Waals surface area contributed by atoms with E-state index in [1.165, 1.54) is 24.3 Å². The summed E-state index contributed by atoms with van der Waals surface area (Å²) < 4.78 is 52.0. The Labute approximate surface area is 114 Å². The summed E-state index contributed by atoms with van der Waals surface area (Å²) in [4.78, 5) is 9.32. The molecule has 0 aliphatic heterocycles. The van der Waals surface area contributed by atoms with Crippen molar-refractivity contribution in [3.8, 4) is 0 Å². The Kier molecular flexibility index (Phi) is 3.83. The largest absolute Gasteiger partial charge is 0.326 e. The van der Waals surface area contributed by atoms with Gasteiger partial charge in [-0.1, -0.05) is 6.07 Å². The maximum absolute atomic E-state index is 11.0. The molecule has 1 aromatic carbocycles. The third kappa shape index (κ3) is 3.40. The van der Waals surface area contributed by atoms with E-state index >= 15 is 0 Å². The molecule has 1 heterocycles. The van der Waals surface area contributed by atoms with Crippen molar-refractivity contribution in [2.24, 2.45) is 0 Å². The van der Waals surface area contributed by atoms with Gasteiger partial charge in [0.25, 0.3) is 25.2 Å². The molecule has 2 aromatic rings. The SMILES string of the molecule is O=S(=O)=c1ncnc(Nc2cccc(S(=O)(=O)O)c2)[nH]1. The molecule has 0 aliphatic rings. The minimum Gasteiger partial charge on any atom is -0.326 e. The van der Waals surface area contributed by atoms with Crippen molar-refractivity contribution in [3.05, 3.63) is 35.4 Å². The highest BCUT2D eigenvalue weighted by Crippen LogP contribution is 2.17. The standard InChI is InChI=1S/C9H8N4O5S2/c14-19(15)9-11-5-10-8(13-9)12-6-2-1-3-7(4-6)20(16,17)18/h1-5H,(H,16,17,18)(H2,10,11,12,13). The first-order chi connectivity index (χ1) is 9.36. The zero-order valence-electron chi connectivity index (χ0n) is 9.68. The normalized spacial score (nSPS) is 11.1. The van der Waals surface area contributed by atoms with Gasteiger partial charge >= 0.3 is 0 Å². The summed E-state index contributed by atoms with van der Waals surface area (Å²) in [6.07, 6.45) is 1.02. The van der Waals surface area contributed by atoms with E-state index in [0.29, 0.717) is 0 Å². The van der Waals surface area contributed by atoms with Crippen LogP contribution < -0.4 is 5.32 Å². The number of nitrogens with one attached hydrogen (secondary N) is 2. The second-order valence-electron chi connectivity index (χ2n) is 3.52. The molecule has 0 radical (unpaired) electrons. The van der Waals surface area contributed by atoms with Crippen LogP contribution in [0.3, 0.4) is 0 Å². The second-order valence-corrected chi connectivity index (χ2v) is 5.79. The van der Waals surface area contributed by atoms with Gasteiger partial charge in [-0.25, -0.2) is 9.97 Å². The summed E-state index contributed by atoms with van der Waals surface area (Å²) in [6, 6.07) is 5.29. The topological polar surface area (TPSA) is 142 Å². The lowest BCUT2D eigenvalue weighted by atomic mass is 10.3. The van der Waals surface area contributed by atoms with E-state index in [9.17, 15) is 16.8 Å². The third-order valence-electron chi connectivity index (χ3n) is 2.14. The number of benzene rings is 1. The Morgan fingerprint density at radius 1 is 1.25 bits per heavy atom. The van der Waals surface area contributed by atoms with Crippen molar-refractivity contribution in [1.29, 1.82) is 0 Å². The van der Waals surface area contributed by atoms with E-state index in [4.69, 9.17) is 4.55 Å². The highest BCUT2D eigenvalue weighted by molar-refractivity contribution is 7.85. The minimum atomic E-state index is -4.32. The van der Waals surface area contributed by atoms with E-state index in [0.717, 1.165) is 6.33 Å². The van der Waals surface area contributed by atoms with E-state index < -0.39 is 20.4 Å². The molecular formula is C9H8N4O5S2. The van der Waals surface area contributed by atoms with Gasteiger partial charge in [-0.15, -0.1) is 0 Å². The highest BCUT2D eigenvalue weighted by atomic mass is 32.2. The highest BCUT2D eigenvalue weighted by Gasteiger charge is 2.09. The molecule has 0 saturated carbocycles. The molecule has 0 saturated heterocycles. The first-order valence-electron chi connectivity index (χ1n) is 5.04. The lowest BCUT2D eigenvalue weighted by Gasteiger charge is -2.05. The van der Waals surface area contributed by atoms with Crippen molar-refractivity contribution in [1.82, 2.24) is 15.0 Å². The molecule has 1 aromatic heterocycles. The Morgan fingerprint density at radius 3 is 2.65 bits per heavy atom. The van der Waals surface area contributed by atoms with E-state index in [1.807, 2.05) is 0 Å². The first kappa shape index (κ1) is 14.2. The van der Waals surface area contributed by atoms with Crippen LogP contribution in [0.2, 0.25) is 0 Å². The molecule has 9 nitrogen and oxygen atoms in total. The molecule has 2 rings (SSSR count). The van der Waals surface area contributed by atoms with Crippen LogP contribution in [0.25, 0.3) is 0 Å². The minimum absolute atomic E-state index is 0.0479. The fourth-order valence-electron chi connectivity index (χ4n) is 1.32. The quantitative estimate of drug-likeness (QED) is 0.538. The summed E-state index contributed by atoms with van der Waals surface area (Å²) in [7, 11) is -6.87. The van der Waals surface area contributed by atoms with Gasteiger partial charge in [-0.05, 0) is 18.2 Å².